The second-order valence-corrected chi connectivity index (χ2v) is 5.76. The predicted octanol–water partition coefficient (Wildman–Crippen LogP) is 2.77. The summed E-state index contributed by atoms with van der Waals surface area (Å²) < 4.78 is 17.5. The Morgan fingerprint density at radius 2 is 2.00 bits per heavy atom. The summed E-state index contributed by atoms with van der Waals surface area (Å²) in [5, 5.41) is 3.43. The molecule has 1 aromatic carbocycles. The fourth-order valence-electron chi connectivity index (χ4n) is 3.66. The number of hydrogen-bond donors (Lipinski definition) is 1. The van der Waals surface area contributed by atoms with Crippen molar-refractivity contribution in [1.29, 1.82) is 0 Å². The molecule has 0 saturated heterocycles. The van der Waals surface area contributed by atoms with Crippen molar-refractivity contribution in [3.8, 4) is 17.2 Å². The van der Waals surface area contributed by atoms with Crippen LogP contribution in [0.15, 0.2) is 12.1 Å². The fraction of sp³-hybridized carbons (Fsp3) is 0.600. The van der Waals surface area contributed by atoms with E-state index in [1.807, 2.05) is 13.1 Å². The molecule has 0 radical (unpaired) electrons. The molecule has 1 unspecified atom stereocenters. The normalized spacial score (nSPS) is 26.3. The van der Waals surface area contributed by atoms with Gasteiger partial charge in [0.25, 0.3) is 0 Å². The van der Waals surface area contributed by atoms with Crippen LogP contribution in [0.2, 0.25) is 0 Å². The summed E-state index contributed by atoms with van der Waals surface area (Å²) in [5.41, 5.74) is 1.20. The SMILES string of the molecule is CNC1CC2(CCCC2)Oc2c1ccc1c2OCO1. The van der Waals surface area contributed by atoms with Gasteiger partial charge in [0.15, 0.2) is 11.5 Å². The molecule has 1 saturated carbocycles. The minimum absolute atomic E-state index is 0.00174. The molecule has 1 spiro atoms. The summed E-state index contributed by atoms with van der Waals surface area (Å²) >= 11 is 0. The van der Waals surface area contributed by atoms with Crippen LogP contribution in [-0.4, -0.2) is 19.4 Å². The zero-order chi connectivity index (χ0) is 12.9. The summed E-state index contributed by atoms with van der Waals surface area (Å²) in [6, 6.07) is 4.43. The van der Waals surface area contributed by atoms with Crippen molar-refractivity contribution in [3.05, 3.63) is 17.7 Å². The van der Waals surface area contributed by atoms with Crippen LogP contribution in [0.4, 0.5) is 0 Å². The minimum Gasteiger partial charge on any atom is -0.483 e. The van der Waals surface area contributed by atoms with Gasteiger partial charge in [0.05, 0.1) is 0 Å². The molecular weight excluding hydrogens is 242 g/mol. The van der Waals surface area contributed by atoms with Gasteiger partial charge < -0.3 is 19.5 Å². The molecule has 102 valence electrons. The van der Waals surface area contributed by atoms with E-state index in [1.54, 1.807) is 0 Å². The third kappa shape index (κ3) is 1.62. The van der Waals surface area contributed by atoms with Crippen LogP contribution >= 0.6 is 0 Å². The highest BCUT2D eigenvalue weighted by Gasteiger charge is 2.44. The molecule has 1 N–H and O–H groups in total. The smallest absolute Gasteiger partial charge is 0.231 e. The number of fused-ring (bicyclic) bond motifs is 3. The Balaban J connectivity index is 1.82. The summed E-state index contributed by atoms with van der Waals surface area (Å²) in [5.74, 6) is 2.51. The molecule has 1 atom stereocenters. The molecule has 0 amide bonds. The van der Waals surface area contributed by atoms with Gasteiger partial charge in [-0.05, 0) is 44.9 Å². The quantitative estimate of drug-likeness (QED) is 0.844. The molecule has 4 heteroatoms. The van der Waals surface area contributed by atoms with Crippen LogP contribution in [0.5, 0.6) is 17.2 Å². The van der Waals surface area contributed by atoms with Crippen LogP contribution in [0.1, 0.15) is 43.7 Å². The number of rotatable bonds is 1. The molecule has 0 bridgehead atoms. The molecule has 1 aliphatic carbocycles. The Kier molecular flexibility index (Phi) is 2.42. The maximum Gasteiger partial charge on any atom is 0.231 e. The van der Waals surface area contributed by atoms with E-state index in [-0.39, 0.29) is 5.60 Å². The fourth-order valence-corrected chi connectivity index (χ4v) is 3.66. The average Bonchev–Trinajstić information content (AvgIpc) is 3.07. The van der Waals surface area contributed by atoms with E-state index in [1.165, 1.54) is 18.4 Å². The number of benzene rings is 1. The Labute approximate surface area is 113 Å². The lowest BCUT2D eigenvalue weighted by Crippen LogP contribution is -2.41. The zero-order valence-electron chi connectivity index (χ0n) is 11.2. The van der Waals surface area contributed by atoms with Crippen molar-refractivity contribution in [1.82, 2.24) is 5.32 Å². The number of hydrogen-bond acceptors (Lipinski definition) is 4. The van der Waals surface area contributed by atoms with Crippen molar-refractivity contribution in [2.45, 2.75) is 43.7 Å². The van der Waals surface area contributed by atoms with Crippen molar-refractivity contribution in [2.24, 2.45) is 0 Å². The number of nitrogens with one attached hydrogen (secondary N) is 1. The second-order valence-electron chi connectivity index (χ2n) is 5.76. The van der Waals surface area contributed by atoms with E-state index in [9.17, 15) is 0 Å². The molecule has 1 aromatic rings. The predicted molar refractivity (Wildman–Crippen MR) is 70.8 cm³/mol. The van der Waals surface area contributed by atoms with E-state index in [4.69, 9.17) is 14.2 Å². The van der Waals surface area contributed by atoms with Crippen molar-refractivity contribution < 1.29 is 14.2 Å². The lowest BCUT2D eigenvalue weighted by molar-refractivity contribution is 0.0342. The zero-order valence-corrected chi connectivity index (χ0v) is 11.2. The van der Waals surface area contributed by atoms with Gasteiger partial charge in [0, 0.05) is 18.0 Å². The lowest BCUT2D eigenvalue weighted by atomic mass is 9.85. The summed E-state index contributed by atoms with van der Waals surface area (Å²) in [7, 11) is 2.02. The van der Waals surface area contributed by atoms with Crippen molar-refractivity contribution >= 4 is 0 Å². The Morgan fingerprint density at radius 1 is 1.16 bits per heavy atom. The first-order chi connectivity index (χ1) is 9.31. The van der Waals surface area contributed by atoms with Gasteiger partial charge in [-0.25, -0.2) is 0 Å². The van der Waals surface area contributed by atoms with Gasteiger partial charge in [-0.1, -0.05) is 0 Å². The highest BCUT2D eigenvalue weighted by molar-refractivity contribution is 5.59. The largest absolute Gasteiger partial charge is 0.483 e. The second kappa shape index (κ2) is 4.04. The van der Waals surface area contributed by atoms with Gasteiger partial charge in [0.2, 0.25) is 12.5 Å². The Hall–Kier alpha value is -1.42. The standard InChI is InChI=1S/C15H19NO3/c1-16-11-8-15(6-2-3-7-15)19-13-10(11)4-5-12-14(13)18-9-17-12/h4-5,11,16H,2-3,6-9H2,1H3. The molecule has 1 fully saturated rings. The minimum atomic E-state index is 0.00174. The summed E-state index contributed by atoms with van der Waals surface area (Å²) in [4.78, 5) is 0. The van der Waals surface area contributed by atoms with Crippen molar-refractivity contribution in [2.75, 3.05) is 13.8 Å². The molecule has 4 rings (SSSR count). The van der Waals surface area contributed by atoms with E-state index in [2.05, 4.69) is 11.4 Å². The lowest BCUT2D eigenvalue weighted by Gasteiger charge is -2.40. The third-order valence-corrected chi connectivity index (χ3v) is 4.66. The third-order valence-electron chi connectivity index (χ3n) is 4.66. The molecular formula is C15H19NO3. The number of ether oxygens (including phenoxy) is 3. The molecule has 19 heavy (non-hydrogen) atoms. The van der Waals surface area contributed by atoms with Crippen LogP contribution in [0, 0.1) is 0 Å². The molecule has 0 aromatic heterocycles. The van der Waals surface area contributed by atoms with E-state index < -0.39 is 0 Å². The first-order valence-corrected chi connectivity index (χ1v) is 7.10. The maximum atomic E-state index is 6.41. The molecule has 2 aliphatic heterocycles. The summed E-state index contributed by atoms with van der Waals surface area (Å²) in [6.07, 6.45) is 5.87. The first kappa shape index (κ1) is 11.4. The van der Waals surface area contributed by atoms with Gasteiger partial charge in [0.1, 0.15) is 5.60 Å². The van der Waals surface area contributed by atoms with E-state index >= 15 is 0 Å². The topological polar surface area (TPSA) is 39.7 Å². The average molecular weight is 261 g/mol. The van der Waals surface area contributed by atoms with Gasteiger partial charge in [-0.15, -0.1) is 0 Å². The molecule has 4 nitrogen and oxygen atoms in total. The van der Waals surface area contributed by atoms with E-state index in [0.717, 1.165) is 36.5 Å². The van der Waals surface area contributed by atoms with Gasteiger partial charge in [-0.2, -0.15) is 0 Å². The Bertz CT molecular complexity index is 508. The Morgan fingerprint density at radius 3 is 2.79 bits per heavy atom. The first-order valence-electron chi connectivity index (χ1n) is 7.10. The monoisotopic (exact) mass is 261 g/mol. The molecule has 2 heterocycles. The van der Waals surface area contributed by atoms with Crippen molar-refractivity contribution in [3.63, 3.8) is 0 Å². The highest BCUT2D eigenvalue weighted by atomic mass is 16.7. The van der Waals surface area contributed by atoms with Crippen LogP contribution in [-0.2, 0) is 0 Å². The maximum absolute atomic E-state index is 6.41. The van der Waals surface area contributed by atoms with E-state index in [0.29, 0.717) is 12.8 Å². The van der Waals surface area contributed by atoms with Gasteiger partial charge >= 0.3 is 0 Å². The van der Waals surface area contributed by atoms with Crippen LogP contribution < -0.4 is 19.5 Å². The van der Waals surface area contributed by atoms with Crippen LogP contribution in [0.25, 0.3) is 0 Å². The highest BCUT2D eigenvalue weighted by Crippen LogP contribution is 2.53. The summed E-state index contributed by atoms with van der Waals surface area (Å²) in [6.45, 7) is 0.298. The van der Waals surface area contributed by atoms with Gasteiger partial charge in [-0.3, -0.25) is 0 Å². The molecule has 3 aliphatic rings. The van der Waals surface area contributed by atoms with Crippen LogP contribution in [0.3, 0.4) is 0 Å².